The van der Waals surface area contributed by atoms with Gasteiger partial charge in [0.25, 0.3) is 0 Å². The lowest BCUT2D eigenvalue weighted by molar-refractivity contribution is -0.140. The Bertz CT molecular complexity index is 856. The van der Waals surface area contributed by atoms with Crippen molar-refractivity contribution in [1.82, 2.24) is 9.38 Å². The Labute approximate surface area is 142 Å². The van der Waals surface area contributed by atoms with Crippen LogP contribution >= 0.6 is 22.9 Å². The molecule has 0 bridgehead atoms. The van der Waals surface area contributed by atoms with Gasteiger partial charge < -0.3 is 10.1 Å². The van der Waals surface area contributed by atoms with Crippen molar-refractivity contribution in [3.05, 3.63) is 40.4 Å². The molecule has 3 aromatic heterocycles. The van der Waals surface area contributed by atoms with Crippen LogP contribution in [0.25, 0.3) is 16.2 Å². The van der Waals surface area contributed by atoms with Crippen LogP contribution in [-0.4, -0.2) is 28.5 Å². The zero-order valence-corrected chi connectivity index (χ0v) is 14.4. The van der Waals surface area contributed by atoms with Gasteiger partial charge in [-0.3, -0.25) is 9.20 Å². The predicted octanol–water partition coefficient (Wildman–Crippen LogP) is 4.00. The van der Waals surface area contributed by atoms with E-state index in [-0.39, 0.29) is 12.5 Å². The number of hydrogen-bond acceptors (Lipinski definition) is 5. The van der Waals surface area contributed by atoms with E-state index in [0.29, 0.717) is 11.6 Å². The van der Waals surface area contributed by atoms with Crippen molar-refractivity contribution in [3.8, 4) is 10.6 Å². The second-order valence-corrected chi connectivity index (χ2v) is 6.33. The number of imidazole rings is 1. The Kier molecular flexibility index (Phi) is 4.54. The molecular formula is C16H16ClN3O2S. The standard InChI is InChI=1S/C16H16ClN3O2S/c1-3-22-13(21)8-18-16-14(15-10(2)6-7-23-15)19-12-5-4-11(17)9-20(12)16/h4-7,9,18H,3,8H2,1-2H3. The van der Waals surface area contributed by atoms with Gasteiger partial charge in [-0.25, -0.2) is 4.98 Å². The fourth-order valence-electron chi connectivity index (χ4n) is 2.33. The number of ether oxygens (including phenoxy) is 1. The van der Waals surface area contributed by atoms with Crippen LogP contribution in [0, 0.1) is 6.92 Å². The zero-order chi connectivity index (χ0) is 16.4. The zero-order valence-electron chi connectivity index (χ0n) is 12.8. The van der Waals surface area contributed by atoms with Crippen molar-refractivity contribution in [1.29, 1.82) is 0 Å². The Hall–Kier alpha value is -2.05. The molecule has 3 heterocycles. The largest absolute Gasteiger partial charge is 0.465 e. The molecule has 0 radical (unpaired) electrons. The van der Waals surface area contributed by atoms with E-state index in [2.05, 4.69) is 10.3 Å². The molecule has 0 spiro atoms. The van der Waals surface area contributed by atoms with E-state index in [9.17, 15) is 4.79 Å². The summed E-state index contributed by atoms with van der Waals surface area (Å²) >= 11 is 7.72. The van der Waals surface area contributed by atoms with E-state index in [0.717, 1.165) is 27.6 Å². The molecule has 3 aromatic rings. The van der Waals surface area contributed by atoms with E-state index in [4.69, 9.17) is 16.3 Å². The first kappa shape index (κ1) is 15.8. The number of aromatic nitrogens is 2. The minimum Gasteiger partial charge on any atom is -0.465 e. The minimum atomic E-state index is -0.307. The molecule has 23 heavy (non-hydrogen) atoms. The van der Waals surface area contributed by atoms with E-state index < -0.39 is 0 Å². The van der Waals surface area contributed by atoms with Gasteiger partial charge in [-0.15, -0.1) is 11.3 Å². The molecule has 5 nitrogen and oxygen atoms in total. The number of nitrogens with one attached hydrogen (secondary N) is 1. The first-order valence-corrected chi connectivity index (χ1v) is 8.47. The van der Waals surface area contributed by atoms with Crippen LogP contribution in [0.1, 0.15) is 12.5 Å². The highest BCUT2D eigenvalue weighted by atomic mass is 35.5. The van der Waals surface area contributed by atoms with Gasteiger partial charge in [0.2, 0.25) is 0 Å². The number of thiophene rings is 1. The number of carbonyl (C=O) groups is 1. The molecule has 0 atom stereocenters. The smallest absolute Gasteiger partial charge is 0.325 e. The lowest BCUT2D eigenvalue weighted by Gasteiger charge is -2.08. The molecule has 0 amide bonds. The van der Waals surface area contributed by atoms with Crippen molar-refractivity contribution in [3.63, 3.8) is 0 Å². The van der Waals surface area contributed by atoms with Crippen LogP contribution in [0.4, 0.5) is 5.82 Å². The summed E-state index contributed by atoms with van der Waals surface area (Å²) < 4.78 is 6.83. The molecule has 0 aromatic carbocycles. The lowest BCUT2D eigenvalue weighted by Crippen LogP contribution is -2.17. The summed E-state index contributed by atoms with van der Waals surface area (Å²) in [5.74, 6) is 0.430. The molecule has 0 saturated heterocycles. The van der Waals surface area contributed by atoms with E-state index >= 15 is 0 Å². The number of aryl methyl sites for hydroxylation is 1. The second-order valence-electron chi connectivity index (χ2n) is 4.98. The fraction of sp³-hybridized carbons (Fsp3) is 0.250. The van der Waals surface area contributed by atoms with Crippen LogP contribution in [0.2, 0.25) is 5.02 Å². The SMILES string of the molecule is CCOC(=O)CNc1c(-c2sccc2C)nc2ccc(Cl)cn12. The van der Waals surface area contributed by atoms with Gasteiger partial charge in [-0.1, -0.05) is 11.6 Å². The normalized spacial score (nSPS) is 10.9. The molecule has 7 heteroatoms. The Morgan fingerprint density at radius 3 is 2.96 bits per heavy atom. The molecule has 0 aliphatic rings. The molecule has 120 valence electrons. The maximum atomic E-state index is 11.7. The number of hydrogen-bond donors (Lipinski definition) is 1. The number of halogens is 1. The quantitative estimate of drug-likeness (QED) is 0.707. The monoisotopic (exact) mass is 349 g/mol. The molecule has 3 rings (SSSR count). The van der Waals surface area contributed by atoms with Crippen molar-refractivity contribution < 1.29 is 9.53 Å². The topological polar surface area (TPSA) is 55.6 Å². The van der Waals surface area contributed by atoms with Crippen molar-refractivity contribution >= 4 is 40.4 Å². The Morgan fingerprint density at radius 1 is 1.43 bits per heavy atom. The highest BCUT2D eigenvalue weighted by Crippen LogP contribution is 2.35. The number of carbonyl (C=O) groups excluding carboxylic acids is 1. The van der Waals surface area contributed by atoms with Crippen LogP contribution in [0.5, 0.6) is 0 Å². The summed E-state index contributed by atoms with van der Waals surface area (Å²) in [5.41, 5.74) is 2.72. The van der Waals surface area contributed by atoms with Crippen molar-refractivity contribution in [2.24, 2.45) is 0 Å². The number of anilines is 1. The summed E-state index contributed by atoms with van der Waals surface area (Å²) in [6.45, 7) is 4.26. The van der Waals surface area contributed by atoms with Gasteiger partial charge >= 0.3 is 5.97 Å². The van der Waals surface area contributed by atoms with Gasteiger partial charge in [-0.2, -0.15) is 0 Å². The average Bonchev–Trinajstić information content (AvgIpc) is 3.08. The van der Waals surface area contributed by atoms with Crippen molar-refractivity contribution in [2.75, 3.05) is 18.5 Å². The summed E-state index contributed by atoms with van der Waals surface area (Å²) in [7, 11) is 0. The van der Waals surface area contributed by atoms with Gasteiger partial charge in [0.05, 0.1) is 16.5 Å². The molecule has 0 saturated carbocycles. The van der Waals surface area contributed by atoms with Gasteiger partial charge in [-0.05, 0) is 43.0 Å². The van der Waals surface area contributed by atoms with E-state index in [1.807, 2.05) is 28.8 Å². The molecule has 1 N–H and O–H groups in total. The number of esters is 1. The van der Waals surface area contributed by atoms with Crippen LogP contribution < -0.4 is 5.32 Å². The third-order valence-electron chi connectivity index (χ3n) is 3.37. The first-order valence-electron chi connectivity index (χ1n) is 7.21. The molecule has 0 aliphatic carbocycles. The lowest BCUT2D eigenvalue weighted by atomic mass is 10.2. The van der Waals surface area contributed by atoms with Gasteiger partial charge in [0, 0.05) is 6.20 Å². The fourth-order valence-corrected chi connectivity index (χ4v) is 3.41. The third-order valence-corrected chi connectivity index (χ3v) is 4.61. The van der Waals surface area contributed by atoms with E-state index in [1.54, 1.807) is 30.5 Å². The average molecular weight is 350 g/mol. The van der Waals surface area contributed by atoms with Crippen LogP contribution in [-0.2, 0) is 9.53 Å². The highest BCUT2D eigenvalue weighted by molar-refractivity contribution is 7.13. The Morgan fingerprint density at radius 2 is 2.26 bits per heavy atom. The number of fused-ring (bicyclic) bond motifs is 1. The number of nitrogens with zero attached hydrogens (tertiary/aromatic N) is 2. The predicted molar refractivity (Wildman–Crippen MR) is 93.4 cm³/mol. The maximum absolute atomic E-state index is 11.7. The molecular weight excluding hydrogens is 334 g/mol. The first-order chi connectivity index (χ1) is 11.1. The summed E-state index contributed by atoms with van der Waals surface area (Å²) in [5, 5.41) is 5.76. The maximum Gasteiger partial charge on any atom is 0.325 e. The van der Waals surface area contributed by atoms with Gasteiger partial charge in [0.15, 0.2) is 0 Å². The van der Waals surface area contributed by atoms with Crippen LogP contribution in [0.15, 0.2) is 29.8 Å². The molecule has 0 unspecified atom stereocenters. The third kappa shape index (κ3) is 3.18. The summed E-state index contributed by atoms with van der Waals surface area (Å²) in [6.07, 6.45) is 1.78. The minimum absolute atomic E-state index is 0.0750. The molecule has 0 fully saturated rings. The molecule has 0 aliphatic heterocycles. The van der Waals surface area contributed by atoms with Crippen LogP contribution in [0.3, 0.4) is 0 Å². The van der Waals surface area contributed by atoms with Crippen molar-refractivity contribution in [2.45, 2.75) is 13.8 Å². The Balaban J connectivity index is 2.06. The number of pyridine rings is 1. The second kappa shape index (κ2) is 6.60. The summed E-state index contributed by atoms with van der Waals surface area (Å²) in [4.78, 5) is 17.4. The summed E-state index contributed by atoms with van der Waals surface area (Å²) in [6, 6.07) is 5.69. The van der Waals surface area contributed by atoms with Gasteiger partial charge in [0.1, 0.15) is 23.7 Å². The van der Waals surface area contributed by atoms with E-state index in [1.165, 1.54) is 0 Å². The highest BCUT2D eigenvalue weighted by Gasteiger charge is 2.17. The number of rotatable bonds is 5.